The van der Waals surface area contributed by atoms with Crippen molar-refractivity contribution in [1.82, 2.24) is 4.90 Å². The van der Waals surface area contributed by atoms with Gasteiger partial charge in [0.1, 0.15) is 6.17 Å². The van der Waals surface area contributed by atoms with Crippen LogP contribution in [0.1, 0.15) is 30.5 Å². The Kier molecular flexibility index (Phi) is 5.91. The Morgan fingerprint density at radius 1 is 1.17 bits per heavy atom. The van der Waals surface area contributed by atoms with E-state index in [1.807, 2.05) is 19.9 Å². The predicted molar refractivity (Wildman–Crippen MR) is 97.8 cm³/mol. The Morgan fingerprint density at radius 3 is 2.22 bits per heavy atom. The number of allylic oxidation sites excluding steroid dienone is 1. The largest absolute Gasteiger partial charge is 0.369 e. The number of benzene rings is 1. The van der Waals surface area contributed by atoms with E-state index in [1.54, 1.807) is 0 Å². The summed E-state index contributed by atoms with van der Waals surface area (Å²) < 4.78 is 0. The molecule has 1 fully saturated rings. The van der Waals surface area contributed by atoms with Gasteiger partial charge >= 0.3 is 0 Å². The molecule has 0 aliphatic carbocycles. The van der Waals surface area contributed by atoms with Crippen molar-refractivity contribution in [3.05, 3.63) is 34.9 Å². The molecule has 2 N–H and O–H groups in total. The van der Waals surface area contributed by atoms with Gasteiger partial charge in [0.15, 0.2) is 0 Å². The second-order valence-corrected chi connectivity index (χ2v) is 6.38. The maximum atomic E-state index is 5.67. The molecule has 1 aliphatic rings. The van der Waals surface area contributed by atoms with Crippen LogP contribution >= 0.6 is 0 Å². The van der Waals surface area contributed by atoms with E-state index in [-0.39, 0.29) is 6.17 Å². The quantitative estimate of drug-likeness (QED) is 0.868. The maximum absolute atomic E-state index is 5.67. The van der Waals surface area contributed by atoms with Gasteiger partial charge in [-0.1, -0.05) is 6.08 Å². The number of anilines is 1. The van der Waals surface area contributed by atoms with Crippen molar-refractivity contribution < 1.29 is 0 Å². The van der Waals surface area contributed by atoms with E-state index in [4.69, 9.17) is 5.73 Å². The van der Waals surface area contributed by atoms with E-state index in [0.717, 1.165) is 37.4 Å². The lowest BCUT2D eigenvalue weighted by atomic mass is 10.0. The van der Waals surface area contributed by atoms with Crippen molar-refractivity contribution in [2.24, 2.45) is 16.0 Å². The first-order chi connectivity index (χ1) is 10.9. The lowest BCUT2D eigenvalue weighted by Gasteiger charge is -2.36. The molecule has 1 aromatic rings. The summed E-state index contributed by atoms with van der Waals surface area (Å²) in [5, 5.41) is 8.36. The number of hydrogen-bond acceptors (Lipinski definition) is 5. The molecule has 1 aliphatic heterocycles. The highest BCUT2D eigenvalue weighted by Crippen LogP contribution is 2.30. The van der Waals surface area contributed by atoms with E-state index in [1.165, 1.54) is 16.8 Å². The monoisotopic (exact) mass is 315 g/mol. The Balaban J connectivity index is 2.29. The summed E-state index contributed by atoms with van der Waals surface area (Å²) in [6.45, 7) is 12.6. The van der Waals surface area contributed by atoms with E-state index in [0.29, 0.717) is 0 Å². The van der Waals surface area contributed by atoms with Crippen molar-refractivity contribution in [3.8, 4) is 0 Å². The van der Waals surface area contributed by atoms with Gasteiger partial charge < -0.3 is 15.5 Å². The summed E-state index contributed by atoms with van der Waals surface area (Å²) in [5.41, 5.74) is 11.6. The van der Waals surface area contributed by atoms with E-state index < -0.39 is 0 Å². The normalized spacial score (nSPS) is 18.7. The summed E-state index contributed by atoms with van der Waals surface area (Å²) in [5.74, 6) is 0. The van der Waals surface area contributed by atoms with Crippen LogP contribution < -0.4 is 10.6 Å². The topological polar surface area (TPSA) is 57.2 Å². The van der Waals surface area contributed by atoms with Gasteiger partial charge in [0.05, 0.1) is 5.70 Å². The zero-order valence-electron chi connectivity index (χ0n) is 15.0. The molecular weight excluding hydrogens is 286 g/mol. The van der Waals surface area contributed by atoms with Crippen LogP contribution in [0.2, 0.25) is 0 Å². The van der Waals surface area contributed by atoms with Crippen LogP contribution in [0, 0.1) is 13.8 Å². The molecule has 0 aromatic heterocycles. The molecule has 0 radical (unpaired) electrons. The first kappa shape index (κ1) is 17.6. The predicted octanol–water partition coefficient (Wildman–Crippen LogP) is 3.17. The SMILES string of the molecule is C/C=C(\N=NC(C)N)c1cc(C)c(N2CCN(C)CC2)c(C)c1. The smallest absolute Gasteiger partial charge is 0.116 e. The molecule has 126 valence electrons. The van der Waals surface area contributed by atoms with E-state index in [9.17, 15) is 0 Å². The summed E-state index contributed by atoms with van der Waals surface area (Å²) in [4.78, 5) is 4.87. The van der Waals surface area contributed by atoms with Gasteiger partial charge in [-0.25, -0.2) is 0 Å². The Hall–Kier alpha value is -1.72. The second kappa shape index (κ2) is 7.70. The van der Waals surface area contributed by atoms with Crippen molar-refractivity contribution in [2.75, 3.05) is 38.1 Å². The number of piperazine rings is 1. The number of nitrogens with zero attached hydrogens (tertiary/aromatic N) is 4. The third kappa shape index (κ3) is 4.39. The van der Waals surface area contributed by atoms with E-state index in [2.05, 4.69) is 53.1 Å². The van der Waals surface area contributed by atoms with Gasteiger partial charge in [-0.05, 0) is 58.0 Å². The van der Waals surface area contributed by atoms with Gasteiger partial charge in [-0.15, -0.1) is 0 Å². The first-order valence-corrected chi connectivity index (χ1v) is 8.30. The molecule has 1 heterocycles. The van der Waals surface area contributed by atoms with Gasteiger partial charge in [-0.2, -0.15) is 10.2 Å². The van der Waals surface area contributed by atoms with Crippen molar-refractivity contribution in [1.29, 1.82) is 0 Å². The van der Waals surface area contributed by atoms with Gasteiger partial charge in [0, 0.05) is 37.4 Å². The molecule has 0 saturated carbocycles. The van der Waals surface area contributed by atoms with Crippen LogP contribution in [-0.4, -0.2) is 44.3 Å². The maximum Gasteiger partial charge on any atom is 0.116 e. The molecule has 23 heavy (non-hydrogen) atoms. The fraction of sp³-hybridized carbons (Fsp3) is 0.556. The molecule has 1 atom stereocenters. The zero-order valence-corrected chi connectivity index (χ0v) is 15.0. The fourth-order valence-corrected chi connectivity index (χ4v) is 3.07. The van der Waals surface area contributed by atoms with Crippen LogP contribution in [-0.2, 0) is 0 Å². The fourth-order valence-electron chi connectivity index (χ4n) is 3.07. The molecule has 1 aromatic carbocycles. The molecule has 1 unspecified atom stereocenters. The molecule has 5 nitrogen and oxygen atoms in total. The highest BCUT2D eigenvalue weighted by molar-refractivity contribution is 5.71. The minimum atomic E-state index is -0.281. The summed E-state index contributed by atoms with van der Waals surface area (Å²) in [7, 11) is 2.18. The average molecular weight is 315 g/mol. The molecule has 5 heteroatoms. The lowest BCUT2D eigenvalue weighted by molar-refractivity contribution is 0.312. The van der Waals surface area contributed by atoms with Crippen molar-refractivity contribution >= 4 is 11.4 Å². The summed E-state index contributed by atoms with van der Waals surface area (Å²) in [6.07, 6.45) is 1.70. The number of likely N-dealkylation sites (N-methyl/N-ethyl adjacent to an activating group) is 1. The third-order valence-electron chi connectivity index (χ3n) is 4.23. The minimum absolute atomic E-state index is 0.281. The zero-order chi connectivity index (χ0) is 17.0. The van der Waals surface area contributed by atoms with Crippen LogP contribution in [0.25, 0.3) is 5.70 Å². The minimum Gasteiger partial charge on any atom is -0.369 e. The molecule has 2 rings (SSSR count). The second-order valence-electron chi connectivity index (χ2n) is 6.38. The van der Waals surface area contributed by atoms with Crippen molar-refractivity contribution in [2.45, 2.75) is 33.9 Å². The number of nitrogens with two attached hydrogens (primary N) is 1. The molecule has 0 spiro atoms. The molecule has 0 bridgehead atoms. The average Bonchev–Trinajstić information content (AvgIpc) is 2.49. The number of azo groups is 1. The molecular formula is C18H29N5. The molecule has 0 amide bonds. The lowest BCUT2D eigenvalue weighted by Crippen LogP contribution is -2.45. The van der Waals surface area contributed by atoms with Gasteiger partial charge in [0.2, 0.25) is 0 Å². The van der Waals surface area contributed by atoms with Crippen LogP contribution in [0.5, 0.6) is 0 Å². The van der Waals surface area contributed by atoms with Gasteiger partial charge in [-0.3, -0.25) is 0 Å². The molecule has 1 saturated heterocycles. The first-order valence-electron chi connectivity index (χ1n) is 8.30. The Bertz CT molecular complexity index is 572. The van der Waals surface area contributed by atoms with Crippen LogP contribution in [0.15, 0.2) is 28.4 Å². The third-order valence-corrected chi connectivity index (χ3v) is 4.23. The number of rotatable bonds is 4. The van der Waals surface area contributed by atoms with Crippen LogP contribution in [0.3, 0.4) is 0 Å². The standard InChI is InChI=1S/C18H29N5/c1-6-17(21-20-15(4)19)16-11-13(2)18(14(3)12-16)23-9-7-22(5)8-10-23/h6,11-12,15H,7-10,19H2,1-5H3/b17-6-,21-20?. The number of aryl methyl sites for hydroxylation is 2. The van der Waals surface area contributed by atoms with Crippen LogP contribution in [0.4, 0.5) is 5.69 Å². The summed E-state index contributed by atoms with van der Waals surface area (Å²) in [6, 6.07) is 4.41. The summed E-state index contributed by atoms with van der Waals surface area (Å²) >= 11 is 0. The Morgan fingerprint density at radius 2 is 1.74 bits per heavy atom. The number of hydrogen-bond donors (Lipinski definition) is 1. The van der Waals surface area contributed by atoms with E-state index >= 15 is 0 Å². The Labute approximate surface area is 139 Å². The van der Waals surface area contributed by atoms with Gasteiger partial charge in [0.25, 0.3) is 0 Å². The highest BCUT2D eigenvalue weighted by atomic mass is 15.2. The highest BCUT2D eigenvalue weighted by Gasteiger charge is 2.18. The van der Waals surface area contributed by atoms with Crippen molar-refractivity contribution in [3.63, 3.8) is 0 Å².